The molecular formula is C24H21BrN2O4. The molecule has 0 aliphatic carbocycles. The summed E-state index contributed by atoms with van der Waals surface area (Å²) in [6.07, 6.45) is 1.49. The van der Waals surface area contributed by atoms with E-state index in [0.29, 0.717) is 24.7 Å². The number of rotatable bonds is 5. The normalized spacial score (nSPS) is 15.8. The zero-order valence-electron chi connectivity index (χ0n) is 16.7. The highest BCUT2D eigenvalue weighted by Gasteiger charge is 2.31. The first-order valence-electron chi connectivity index (χ1n) is 10.1. The van der Waals surface area contributed by atoms with E-state index < -0.39 is 0 Å². The third-order valence-corrected chi connectivity index (χ3v) is 5.98. The van der Waals surface area contributed by atoms with Crippen LogP contribution in [0, 0.1) is 0 Å². The molecular weight excluding hydrogens is 460 g/mol. The molecule has 1 N–H and O–H groups in total. The monoisotopic (exact) mass is 480 g/mol. The molecule has 3 heterocycles. The Balaban J connectivity index is 1.64. The number of furan rings is 2. The molecule has 5 rings (SSSR count). The zero-order valence-corrected chi connectivity index (χ0v) is 18.3. The van der Waals surface area contributed by atoms with Crippen molar-refractivity contribution < 1.29 is 18.4 Å². The highest BCUT2D eigenvalue weighted by Crippen LogP contribution is 2.41. The summed E-state index contributed by atoms with van der Waals surface area (Å²) in [6, 6.07) is 19.1. The predicted molar refractivity (Wildman–Crippen MR) is 121 cm³/mol. The fraction of sp³-hybridized carbons (Fsp3) is 0.208. The molecule has 1 atom stereocenters. The lowest BCUT2D eigenvalue weighted by molar-refractivity contribution is 0.0206. The average molecular weight is 481 g/mol. The Bertz CT molecular complexity index is 1180. The number of ether oxygens (including phenoxy) is 1. The molecule has 0 spiro atoms. The van der Waals surface area contributed by atoms with Crippen molar-refractivity contribution in [3.63, 3.8) is 0 Å². The Morgan fingerprint density at radius 1 is 1.00 bits per heavy atom. The number of carbonyl (C=O) groups is 1. The van der Waals surface area contributed by atoms with E-state index in [2.05, 4.69) is 38.3 Å². The third-order valence-electron chi connectivity index (χ3n) is 5.45. The molecule has 158 valence electrons. The van der Waals surface area contributed by atoms with Gasteiger partial charge in [-0.05, 0) is 42.0 Å². The second-order valence-electron chi connectivity index (χ2n) is 7.37. The van der Waals surface area contributed by atoms with Crippen LogP contribution in [0.15, 0.2) is 80.2 Å². The number of nitrogens with one attached hydrogen (secondary N) is 1. The molecule has 0 radical (unpaired) electrons. The molecule has 7 heteroatoms. The summed E-state index contributed by atoms with van der Waals surface area (Å²) in [5, 5.41) is 3.90. The van der Waals surface area contributed by atoms with Crippen LogP contribution in [0.2, 0.25) is 0 Å². The Morgan fingerprint density at radius 2 is 1.77 bits per heavy atom. The highest BCUT2D eigenvalue weighted by molar-refractivity contribution is 9.10. The lowest BCUT2D eigenvalue weighted by Gasteiger charge is -2.34. The van der Waals surface area contributed by atoms with Crippen LogP contribution in [0.1, 0.15) is 27.9 Å². The Hall–Kier alpha value is -2.87. The summed E-state index contributed by atoms with van der Waals surface area (Å²) in [5.74, 6) is 0.641. The summed E-state index contributed by atoms with van der Waals surface area (Å²) in [6.45, 7) is 2.84. The van der Waals surface area contributed by atoms with Crippen molar-refractivity contribution in [2.45, 2.75) is 6.04 Å². The van der Waals surface area contributed by atoms with Gasteiger partial charge in [-0.2, -0.15) is 0 Å². The van der Waals surface area contributed by atoms with Crippen molar-refractivity contribution in [3.05, 3.63) is 88.5 Å². The molecule has 1 amide bonds. The molecule has 2 aromatic heterocycles. The number of carbonyl (C=O) groups excluding carboxylic acids is 1. The number of hydrogen-bond acceptors (Lipinski definition) is 5. The smallest absolute Gasteiger partial charge is 0.291 e. The van der Waals surface area contributed by atoms with Gasteiger partial charge in [0.2, 0.25) is 0 Å². The van der Waals surface area contributed by atoms with Gasteiger partial charge in [0.05, 0.1) is 31.2 Å². The number of benzene rings is 2. The van der Waals surface area contributed by atoms with E-state index in [9.17, 15) is 4.79 Å². The third kappa shape index (κ3) is 4.04. The van der Waals surface area contributed by atoms with Gasteiger partial charge in [0, 0.05) is 22.9 Å². The first-order valence-corrected chi connectivity index (χ1v) is 10.9. The van der Waals surface area contributed by atoms with Crippen LogP contribution < -0.4 is 5.32 Å². The molecule has 31 heavy (non-hydrogen) atoms. The van der Waals surface area contributed by atoms with Crippen molar-refractivity contribution >= 4 is 38.5 Å². The van der Waals surface area contributed by atoms with Crippen molar-refractivity contribution in [1.29, 1.82) is 0 Å². The molecule has 2 aromatic carbocycles. The molecule has 1 aliphatic heterocycles. The van der Waals surface area contributed by atoms with E-state index >= 15 is 0 Å². The number of fused-ring (bicyclic) bond motifs is 1. The molecule has 0 unspecified atom stereocenters. The number of anilines is 1. The van der Waals surface area contributed by atoms with Crippen LogP contribution in [0.25, 0.3) is 11.0 Å². The summed E-state index contributed by atoms with van der Waals surface area (Å²) in [5.41, 5.74) is 2.47. The van der Waals surface area contributed by atoms with E-state index in [0.717, 1.165) is 34.1 Å². The summed E-state index contributed by atoms with van der Waals surface area (Å²) < 4.78 is 18.3. The first-order chi connectivity index (χ1) is 15.2. The maximum Gasteiger partial charge on any atom is 0.291 e. The van der Waals surface area contributed by atoms with Gasteiger partial charge in [-0.25, -0.2) is 0 Å². The van der Waals surface area contributed by atoms with Crippen molar-refractivity contribution in [2.24, 2.45) is 0 Å². The maximum absolute atomic E-state index is 12.9. The Morgan fingerprint density at radius 3 is 2.52 bits per heavy atom. The van der Waals surface area contributed by atoms with E-state index in [1.165, 1.54) is 6.26 Å². The van der Waals surface area contributed by atoms with Crippen LogP contribution in [-0.4, -0.2) is 37.1 Å². The number of nitrogens with zero attached hydrogens (tertiary/aromatic N) is 1. The second kappa shape index (κ2) is 8.70. The number of hydrogen-bond donors (Lipinski definition) is 1. The summed E-state index contributed by atoms with van der Waals surface area (Å²) in [4.78, 5) is 15.2. The fourth-order valence-electron chi connectivity index (χ4n) is 3.98. The van der Waals surface area contributed by atoms with Gasteiger partial charge in [0.15, 0.2) is 5.76 Å². The number of para-hydroxylation sites is 1. The molecule has 6 nitrogen and oxygen atoms in total. The number of halogens is 1. The fourth-order valence-corrected chi connectivity index (χ4v) is 4.24. The minimum atomic E-state index is -0.311. The molecule has 1 saturated heterocycles. The Kier molecular flexibility index (Phi) is 5.63. The van der Waals surface area contributed by atoms with Gasteiger partial charge >= 0.3 is 0 Å². The number of morpholine rings is 1. The van der Waals surface area contributed by atoms with Gasteiger partial charge in [0.1, 0.15) is 11.3 Å². The van der Waals surface area contributed by atoms with Gasteiger partial charge in [-0.1, -0.05) is 40.2 Å². The maximum atomic E-state index is 12.9. The standard InChI is InChI=1S/C24H21BrN2O4/c25-17-9-7-16(8-10-17)22(27-11-14-29-15-12-27)23-21(18-4-1-2-5-19(18)31-23)26-24(28)20-6-3-13-30-20/h1-10,13,22H,11-12,14-15H2,(H,26,28)/t22-/m0/s1. The lowest BCUT2D eigenvalue weighted by atomic mass is 10.0. The minimum Gasteiger partial charge on any atom is -0.459 e. The summed E-state index contributed by atoms with van der Waals surface area (Å²) >= 11 is 3.52. The number of amides is 1. The van der Waals surface area contributed by atoms with Crippen molar-refractivity contribution in [1.82, 2.24) is 4.90 Å². The van der Waals surface area contributed by atoms with E-state index in [4.69, 9.17) is 13.6 Å². The van der Waals surface area contributed by atoms with Crippen LogP contribution in [0.3, 0.4) is 0 Å². The molecule has 1 fully saturated rings. The van der Waals surface area contributed by atoms with Crippen LogP contribution in [-0.2, 0) is 4.74 Å². The van der Waals surface area contributed by atoms with Crippen LogP contribution in [0.5, 0.6) is 0 Å². The van der Waals surface area contributed by atoms with Gasteiger partial charge in [0.25, 0.3) is 5.91 Å². The van der Waals surface area contributed by atoms with Gasteiger partial charge in [-0.3, -0.25) is 9.69 Å². The SMILES string of the molecule is O=C(Nc1c([C@H](c2ccc(Br)cc2)N2CCOCC2)oc2ccccc12)c1ccco1. The van der Waals surface area contributed by atoms with Crippen LogP contribution >= 0.6 is 15.9 Å². The molecule has 0 saturated carbocycles. The largest absolute Gasteiger partial charge is 0.459 e. The van der Waals surface area contributed by atoms with E-state index in [1.54, 1.807) is 12.1 Å². The molecule has 0 bridgehead atoms. The van der Waals surface area contributed by atoms with E-state index in [1.807, 2.05) is 36.4 Å². The zero-order chi connectivity index (χ0) is 21.2. The highest BCUT2D eigenvalue weighted by atomic mass is 79.9. The van der Waals surface area contributed by atoms with E-state index in [-0.39, 0.29) is 17.7 Å². The topological polar surface area (TPSA) is 67.9 Å². The van der Waals surface area contributed by atoms with Gasteiger partial charge in [-0.15, -0.1) is 0 Å². The summed E-state index contributed by atoms with van der Waals surface area (Å²) in [7, 11) is 0. The average Bonchev–Trinajstić information content (AvgIpc) is 3.45. The van der Waals surface area contributed by atoms with Crippen molar-refractivity contribution in [3.8, 4) is 0 Å². The molecule has 4 aromatic rings. The second-order valence-corrected chi connectivity index (χ2v) is 8.29. The lowest BCUT2D eigenvalue weighted by Crippen LogP contribution is -2.39. The first kappa shape index (κ1) is 20.1. The molecule has 1 aliphatic rings. The van der Waals surface area contributed by atoms with Crippen molar-refractivity contribution in [2.75, 3.05) is 31.6 Å². The quantitative estimate of drug-likeness (QED) is 0.410. The van der Waals surface area contributed by atoms with Crippen LogP contribution in [0.4, 0.5) is 5.69 Å². The Labute approximate surface area is 187 Å². The minimum absolute atomic E-state index is 0.170. The van der Waals surface area contributed by atoms with Gasteiger partial charge < -0.3 is 18.9 Å². The predicted octanol–water partition coefficient (Wildman–Crippen LogP) is 5.46.